The van der Waals surface area contributed by atoms with E-state index in [-0.39, 0.29) is 42.9 Å². The maximum atomic E-state index is 13.3. The van der Waals surface area contributed by atoms with Crippen LogP contribution in [0.5, 0.6) is 0 Å². The van der Waals surface area contributed by atoms with Crippen LogP contribution in [0.3, 0.4) is 0 Å². The minimum Gasteiger partial charge on any atom is -0.294 e. The largest absolute Gasteiger partial charge is 0.294 e. The third-order valence-electron chi connectivity index (χ3n) is 6.42. The van der Waals surface area contributed by atoms with Gasteiger partial charge < -0.3 is 0 Å². The molecule has 24 heavy (non-hydrogen) atoms. The summed E-state index contributed by atoms with van der Waals surface area (Å²) in [6.07, 6.45) is 6.21. The number of nitrogens with zero attached hydrogens (tertiary/aromatic N) is 1. The Hall–Kier alpha value is -1.72. The van der Waals surface area contributed by atoms with E-state index in [1.807, 2.05) is 6.92 Å². The van der Waals surface area contributed by atoms with Crippen molar-refractivity contribution in [2.75, 3.05) is 0 Å². The van der Waals surface area contributed by atoms with Crippen molar-refractivity contribution in [3.05, 3.63) is 0 Å². The molecule has 3 aliphatic rings. The summed E-state index contributed by atoms with van der Waals surface area (Å²) in [7, 11) is 0. The fourth-order valence-electron chi connectivity index (χ4n) is 4.78. The zero-order valence-electron chi connectivity index (χ0n) is 14.5. The van der Waals surface area contributed by atoms with Crippen molar-refractivity contribution in [1.82, 2.24) is 10.2 Å². The highest BCUT2D eigenvalue weighted by molar-refractivity contribution is 6.13. The second-order valence-electron chi connectivity index (χ2n) is 7.73. The fourth-order valence-corrected chi connectivity index (χ4v) is 4.78. The van der Waals surface area contributed by atoms with Gasteiger partial charge in [-0.2, -0.15) is 0 Å². The molecule has 1 aliphatic carbocycles. The van der Waals surface area contributed by atoms with Gasteiger partial charge in [0, 0.05) is 12.8 Å². The lowest BCUT2D eigenvalue weighted by atomic mass is 9.68. The van der Waals surface area contributed by atoms with E-state index in [0.717, 1.165) is 25.7 Å². The van der Waals surface area contributed by atoms with Crippen LogP contribution in [0, 0.1) is 11.3 Å². The van der Waals surface area contributed by atoms with E-state index < -0.39 is 16.9 Å². The monoisotopic (exact) mass is 334 g/mol. The van der Waals surface area contributed by atoms with Crippen molar-refractivity contribution < 1.29 is 19.2 Å². The number of hydrogen-bond acceptors (Lipinski definition) is 4. The average molecular weight is 334 g/mol. The number of carbonyl (C=O) groups excluding carboxylic acids is 4. The summed E-state index contributed by atoms with van der Waals surface area (Å²) in [6.45, 7) is 3.69. The Bertz CT molecular complexity index is 596. The second-order valence-corrected chi connectivity index (χ2v) is 7.73. The van der Waals surface area contributed by atoms with Crippen LogP contribution in [0.1, 0.15) is 71.6 Å². The molecule has 1 saturated carbocycles. The molecule has 6 nitrogen and oxygen atoms in total. The minimum absolute atomic E-state index is 0.163. The molecule has 3 rings (SSSR count). The lowest BCUT2D eigenvalue weighted by Gasteiger charge is -2.42. The molecule has 0 bridgehead atoms. The van der Waals surface area contributed by atoms with Crippen molar-refractivity contribution in [2.45, 2.75) is 77.2 Å². The minimum atomic E-state index is -1.20. The summed E-state index contributed by atoms with van der Waals surface area (Å²) in [5.41, 5.74) is -1.91. The second kappa shape index (κ2) is 5.97. The molecule has 0 aromatic rings. The average Bonchev–Trinajstić information content (AvgIpc) is 2.80. The highest BCUT2D eigenvalue weighted by Crippen LogP contribution is 2.49. The van der Waals surface area contributed by atoms with Gasteiger partial charge in [-0.1, -0.05) is 26.2 Å². The molecule has 2 unspecified atom stereocenters. The van der Waals surface area contributed by atoms with Crippen LogP contribution in [0.4, 0.5) is 0 Å². The maximum Gasteiger partial charge on any atom is 0.253 e. The molecule has 2 heterocycles. The van der Waals surface area contributed by atoms with Crippen LogP contribution in [-0.2, 0) is 19.2 Å². The number of nitrogens with one attached hydrogen (secondary N) is 1. The van der Waals surface area contributed by atoms with Gasteiger partial charge in [-0.15, -0.1) is 0 Å². The molecule has 1 N–H and O–H groups in total. The van der Waals surface area contributed by atoms with Crippen molar-refractivity contribution >= 4 is 23.6 Å². The number of carbonyl (C=O) groups is 4. The topological polar surface area (TPSA) is 83.6 Å². The van der Waals surface area contributed by atoms with E-state index in [9.17, 15) is 19.2 Å². The van der Waals surface area contributed by atoms with Crippen molar-refractivity contribution in [1.29, 1.82) is 0 Å². The Morgan fingerprint density at radius 1 is 1.12 bits per heavy atom. The lowest BCUT2D eigenvalue weighted by molar-refractivity contribution is -0.161. The molecular formula is C18H26N2O4. The number of likely N-dealkylation sites (tertiary alicyclic amines) is 1. The number of imide groups is 2. The molecule has 6 heteroatoms. The lowest BCUT2D eigenvalue weighted by Crippen LogP contribution is -2.64. The van der Waals surface area contributed by atoms with E-state index in [1.165, 1.54) is 11.3 Å². The van der Waals surface area contributed by atoms with Crippen LogP contribution in [-0.4, -0.2) is 34.1 Å². The van der Waals surface area contributed by atoms with Gasteiger partial charge in [-0.3, -0.25) is 29.4 Å². The maximum absolute atomic E-state index is 13.3. The molecule has 132 valence electrons. The van der Waals surface area contributed by atoms with E-state index >= 15 is 0 Å². The molecule has 4 amide bonds. The van der Waals surface area contributed by atoms with Gasteiger partial charge in [0.25, 0.3) is 5.91 Å². The Labute approximate surface area is 142 Å². The van der Waals surface area contributed by atoms with Crippen molar-refractivity contribution in [3.8, 4) is 0 Å². The summed E-state index contributed by atoms with van der Waals surface area (Å²) in [5, 5.41) is 2.32. The quantitative estimate of drug-likeness (QED) is 0.799. The molecule has 0 aromatic heterocycles. The third-order valence-corrected chi connectivity index (χ3v) is 6.42. The van der Waals surface area contributed by atoms with Crippen molar-refractivity contribution in [2.24, 2.45) is 11.3 Å². The fraction of sp³-hybridized carbons (Fsp3) is 0.778. The first-order valence-electron chi connectivity index (χ1n) is 9.07. The summed E-state index contributed by atoms with van der Waals surface area (Å²) in [4.78, 5) is 51.3. The Kier molecular flexibility index (Phi) is 4.26. The van der Waals surface area contributed by atoms with Crippen molar-refractivity contribution in [3.63, 3.8) is 0 Å². The predicted octanol–water partition coefficient (Wildman–Crippen LogP) is 1.92. The van der Waals surface area contributed by atoms with Gasteiger partial charge >= 0.3 is 0 Å². The normalized spacial score (nSPS) is 35.5. The van der Waals surface area contributed by atoms with Crippen LogP contribution < -0.4 is 5.32 Å². The van der Waals surface area contributed by atoms with E-state index in [1.54, 1.807) is 6.92 Å². The summed E-state index contributed by atoms with van der Waals surface area (Å²) in [6, 6.07) is 0. The Morgan fingerprint density at radius 3 is 2.38 bits per heavy atom. The predicted molar refractivity (Wildman–Crippen MR) is 86.6 cm³/mol. The first-order chi connectivity index (χ1) is 11.3. The summed E-state index contributed by atoms with van der Waals surface area (Å²) < 4.78 is 0. The summed E-state index contributed by atoms with van der Waals surface area (Å²) >= 11 is 0. The van der Waals surface area contributed by atoms with Gasteiger partial charge in [0.05, 0.1) is 5.41 Å². The molecule has 3 fully saturated rings. The van der Waals surface area contributed by atoms with E-state index in [4.69, 9.17) is 0 Å². The Morgan fingerprint density at radius 2 is 1.79 bits per heavy atom. The number of rotatable bonds is 3. The molecule has 2 atom stereocenters. The van der Waals surface area contributed by atoms with Crippen LogP contribution >= 0.6 is 0 Å². The van der Waals surface area contributed by atoms with E-state index in [2.05, 4.69) is 5.32 Å². The highest BCUT2D eigenvalue weighted by atomic mass is 16.2. The van der Waals surface area contributed by atoms with Crippen LogP contribution in [0.25, 0.3) is 0 Å². The molecular weight excluding hydrogens is 308 g/mol. The molecule has 2 saturated heterocycles. The Balaban J connectivity index is 1.93. The molecule has 0 radical (unpaired) electrons. The van der Waals surface area contributed by atoms with Gasteiger partial charge in [-0.25, -0.2) is 0 Å². The standard InChI is InChI=1S/C18H26N2O4/c1-3-18(10-9-13(21)19-15(18)23)20-14(22)11-17(2,16(20)24)12-7-5-4-6-8-12/h12H,3-11H2,1-2H3,(H,19,21,23). The van der Waals surface area contributed by atoms with Gasteiger partial charge in [0.2, 0.25) is 17.7 Å². The van der Waals surface area contributed by atoms with Gasteiger partial charge in [0.15, 0.2) is 0 Å². The highest BCUT2D eigenvalue weighted by Gasteiger charge is 2.60. The molecule has 2 aliphatic heterocycles. The summed E-state index contributed by atoms with van der Waals surface area (Å²) in [5.74, 6) is -1.12. The number of piperidine rings is 1. The van der Waals surface area contributed by atoms with E-state index in [0.29, 0.717) is 6.42 Å². The van der Waals surface area contributed by atoms with Crippen LogP contribution in [0.15, 0.2) is 0 Å². The van der Waals surface area contributed by atoms with Crippen LogP contribution in [0.2, 0.25) is 0 Å². The van der Waals surface area contributed by atoms with Gasteiger partial charge in [-0.05, 0) is 38.5 Å². The molecule has 0 spiro atoms. The smallest absolute Gasteiger partial charge is 0.253 e. The van der Waals surface area contributed by atoms with Gasteiger partial charge in [0.1, 0.15) is 5.54 Å². The number of amides is 4. The SMILES string of the molecule is CCC1(N2C(=O)CC(C)(C3CCCCC3)C2=O)CCC(=O)NC1=O. The third kappa shape index (κ3) is 2.38. The zero-order valence-corrected chi connectivity index (χ0v) is 14.5. The first kappa shape index (κ1) is 17.1. The zero-order chi connectivity index (χ0) is 17.5. The number of hydrogen-bond donors (Lipinski definition) is 1. The molecule has 0 aromatic carbocycles. The first-order valence-corrected chi connectivity index (χ1v) is 9.07.